The Kier molecular flexibility index (Phi) is 7.42. The van der Waals surface area contributed by atoms with Gasteiger partial charge in [0.15, 0.2) is 10.9 Å². The van der Waals surface area contributed by atoms with Crippen molar-refractivity contribution in [3.63, 3.8) is 0 Å². The van der Waals surface area contributed by atoms with Crippen molar-refractivity contribution < 1.29 is 9.21 Å². The maximum Gasteiger partial charge on any atom is 0.287 e. The lowest BCUT2D eigenvalue weighted by Crippen LogP contribution is -2.38. The average molecular weight is 452 g/mol. The number of pyridine rings is 1. The van der Waals surface area contributed by atoms with Crippen LogP contribution in [0.25, 0.3) is 0 Å². The summed E-state index contributed by atoms with van der Waals surface area (Å²) in [6.45, 7) is 5.83. The predicted octanol–water partition coefficient (Wildman–Crippen LogP) is 4.63. The fourth-order valence-corrected chi connectivity index (χ4v) is 4.54. The Bertz CT molecular complexity index is 1040. The number of piperidine rings is 1. The van der Waals surface area contributed by atoms with Crippen molar-refractivity contribution in [2.24, 2.45) is 0 Å². The number of aryl methyl sites for hydroxylation is 1. The summed E-state index contributed by atoms with van der Waals surface area (Å²) < 4.78 is 5.76. The summed E-state index contributed by atoms with van der Waals surface area (Å²) in [5.41, 5.74) is 1.99. The van der Waals surface area contributed by atoms with Crippen molar-refractivity contribution in [1.82, 2.24) is 20.3 Å². The topological polar surface area (TPSA) is 84.2 Å². The van der Waals surface area contributed by atoms with Gasteiger partial charge >= 0.3 is 0 Å². The number of nitrogens with one attached hydrogen (secondary N) is 1. The molecule has 4 heterocycles. The normalized spacial score (nSPS) is 16.2. The van der Waals surface area contributed by atoms with Crippen molar-refractivity contribution in [2.45, 2.75) is 63.0 Å². The molecule has 8 heteroatoms. The molecule has 1 atom stereocenters. The van der Waals surface area contributed by atoms with Gasteiger partial charge in [-0.05, 0) is 56.4 Å². The summed E-state index contributed by atoms with van der Waals surface area (Å²) in [6, 6.07) is 9.92. The second-order valence-corrected chi connectivity index (χ2v) is 8.93. The van der Waals surface area contributed by atoms with Crippen LogP contribution in [-0.2, 0) is 18.7 Å². The highest BCUT2D eigenvalue weighted by Crippen LogP contribution is 2.27. The van der Waals surface area contributed by atoms with Crippen LogP contribution < -0.4 is 10.2 Å². The first-order chi connectivity index (χ1) is 15.6. The first-order valence-corrected chi connectivity index (χ1v) is 12.1. The third kappa shape index (κ3) is 5.68. The Hall–Kier alpha value is -2.87. The lowest BCUT2D eigenvalue weighted by atomic mass is 10.0. The molecule has 1 N–H and O–H groups in total. The zero-order valence-electron chi connectivity index (χ0n) is 18.6. The van der Waals surface area contributed by atoms with Crippen LogP contribution in [0, 0.1) is 0 Å². The van der Waals surface area contributed by atoms with E-state index in [9.17, 15) is 4.79 Å². The number of anilines is 1. The van der Waals surface area contributed by atoms with E-state index >= 15 is 0 Å². The van der Waals surface area contributed by atoms with Crippen LogP contribution in [0.5, 0.6) is 0 Å². The maximum atomic E-state index is 12.4. The molecule has 1 aliphatic heterocycles. The van der Waals surface area contributed by atoms with E-state index in [1.807, 2.05) is 18.2 Å². The summed E-state index contributed by atoms with van der Waals surface area (Å²) in [4.78, 5) is 28.3. The fourth-order valence-electron chi connectivity index (χ4n) is 3.78. The molecule has 0 radical (unpaired) electrons. The van der Waals surface area contributed by atoms with Crippen LogP contribution in [0.3, 0.4) is 0 Å². The fraction of sp³-hybridized carbons (Fsp3) is 0.417. The first-order valence-electron chi connectivity index (χ1n) is 11.2. The Morgan fingerprint density at radius 2 is 2.19 bits per heavy atom. The summed E-state index contributed by atoms with van der Waals surface area (Å²) in [7, 11) is 0. The van der Waals surface area contributed by atoms with Gasteiger partial charge in [0.25, 0.3) is 5.91 Å². The minimum Gasteiger partial charge on any atom is -0.455 e. The highest BCUT2D eigenvalue weighted by molar-refractivity contribution is 7.98. The Balaban J connectivity index is 1.38. The van der Waals surface area contributed by atoms with Crippen LogP contribution in [0.15, 0.2) is 52.3 Å². The van der Waals surface area contributed by atoms with E-state index in [4.69, 9.17) is 14.4 Å². The van der Waals surface area contributed by atoms with E-state index in [0.29, 0.717) is 24.1 Å². The highest BCUT2D eigenvalue weighted by atomic mass is 32.2. The second kappa shape index (κ2) is 10.6. The largest absolute Gasteiger partial charge is 0.455 e. The molecule has 1 fully saturated rings. The van der Waals surface area contributed by atoms with Crippen LogP contribution in [0.2, 0.25) is 0 Å². The molecule has 0 bridgehead atoms. The molecule has 7 nitrogen and oxygen atoms in total. The average Bonchev–Trinajstić information content (AvgIpc) is 3.31. The van der Waals surface area contributed by atoms with Gasteiger partial charge in [-0.2, -0.15) is 0 Å². The highest BCUT2D eigenvalue weighted by Gasteiger charge is 2.21. The Labute approximate surface area is 193 Å². The maximum absolute atomic E-state index is 12.4. The van der Waals surface area contributed by atoms with E-state index in [0.717, 1.165) is 41.0 Å². The number of carbonyl (C=O) groups is 1. The molecule has 1 aliphatic rings. The number of nitrogens with zero attached hydrogens (tertiary/aromatic N) is 4. The van der Waals surface area contributed by atoms with Gasteiger partial charge in [0.1, 0.15) is 11.6 Å². The SMILES string of the molecule is CCc1cc(N2CCCCC2C)nc(SCc2ccc(C(=O)NCc3cccnc3)o2)n1. The number of rotatable bonds is 8. The van der Waals surface area contributed by atoms with E-state index in [1.165, 1.54) is 31.0 Å². The van der Waals surface area contributed by atoms with Crippen molar-refractivity contribution in [2.75, 3.05) is 11.4 Å². The smallest absolute Gasteiger partial charge is 0.287 e. The molecular weight excluding hydrogens is 422 g/mol. The van der Waals surface area contributed by atoms with E-state index in [1.54, 1.807) is 18.5 Å². The van der Waals surface area contributed by atoms with Crippen LogP contribution >= 0.6 is 11.8 Å². The molecule has 1 saturated heterocycles. The lowest BCUT2D eigenvalue weighted by Gasteiger charge is -2.34. The number of hydrogen-bond acceptors (Lipinski definition) is 7. The number of furan rings is 1. The van der Waals surface area contributed by atoms with Gasteiger partial charge in [-0.25, -0.2) is 9.97 Å². The van der Waals surface area contributed by atoms with Gasteiger partial charge in [-0.3, -0.25) is 9.78 Å². The minimum absolute atomic E-state index is 0.240. The van der Waals surface area contributed by atoms with Crippen LogP contribution in [-0.4, -0.2) is 33.4 Å². The van der Waals surface area contributed by atoms with Crippen molar-refractivity contribution >= 4 is 23.5 Å². The monoisotopic (exact) mass is 451 g/mol. The molecule has 0 spiro atoms. The van der Waals surface area contributed by atoms with Crippen LogP contribution in [0.4, 0.5) is 5.82 Å². The quantitative estimate of drug-likeness (QED) is 0.395. The molecule has 0 aromatic carbocycles. The van der Waals surface area contributed by atoms with E-state index in [2.05, 4.69) is 35.1 Å². The van der Waals surface area contributed by atoms with E-state index < -0.39 is 0 Å². The molecule has 0 saturated carbocycles. The van der Waals surface area contributed by atoms with Crippen molar-refractivity contribution in [3.05, 3.63) is 65.5 Å². The van der Waals surface area contributed by atoms with Gasteiger partial charge < -0.3 is 14.6 Å². The minimum atomic E-state index is -0.240. The van der Waals surface area contributed by atoms with Gasteiger partial charge in [0, 0.05) is 43.3 Å². The molecule has 168 valence electrons. The molecule has 0 aliphatic carbocycles. The predicted molar refractivity (Wildman–Crippen MR) is 126 cm³/mol. The molecule has 32 heavy (non-hydrogen) atoms. The molecule has 4 rings (SSSR count). The number of carbonyl (C=O) groups excluding carboxylic acids is 1. The first kappa shape index (κ1) is 22.3. The third-order valence-electron chi connectivity index (χ3n) is 5.61. The van der Waals surface area contributed by atoms with Crippen molar-refractivity contribution in [3.8, 4) is 0 Å². The summed E-state index contributed by atoms with van der Waals surface area (Å²) >= 11 is 1.54. The van der Waals surface area contributed by atoms with Gasteiger partial charge in [0.2, 0.25) is 0 Å². The third-order valence-corrected chi connectivity index (χ3v) is 6.48. The van der Waals surface area contributed by atoms with Gasteiger partial charge in [-0.1, -0.05) is 24.8 Å². The Morgan fingerprint density at radius 1 is 1.28 bits per heavy atom. The molecule has 3 aromatic rings. The van der Waals surface area contributed by atoms with E-state index in [-0.39, 0.29) is 5.91 Å². The number of amides is 1. The van der Waals surface area contributed by atoms with Gasteiger partial charge in [0.05, 0.1) is 5.75 Å². The summed E-state index contributed by atoms with van der Waals surface area (Å²) in [5, 5.41) is 3.60. The number of hydrogen-bond donors (Lipinski definition) is 1. The zero-order chi connectivity index (χ0) is 22.3. The molecule has 1 amide bonds. The van der Waals surface area contributed by atoms with Crippen LogP contribution in [0.1, 0.15) is 60.7 Å². The summed E-state index contributed by atoms with van der Waals surface area (Å²) in [5.74, 6) is 2.37. The molecule has 1 unspecified atom stereocenters. The number of thioether (sulfide) groups is 1. The summed E-state index contributed by atoms with van der Waals surface area (Å²) in [6.07, 6.45) is 7.99. The molecule has 3 aromatic heterocycles. The van der Waals surface area contributed by atoms with Crippen molar-refractivity contribution in [1.29, 1.82) is 0 Å². The second-order valence-electron chi connectivity index (χ2n) is 7.99. The van der Waals surface area contributed by atoms with Gasteiger partial charge in [-0.15, -0.1) is 0 Å². The molecular formula is C24H29N5O2S. The lowest BCUT2D eigenvalue weighted by molar-refractivity contribution is 0.0921. The standard InChI is InChI=1S/C24H29N5O2S/c1-3-19-13-22(29-12-5-4-7-17(29)2)28-24(27-19)32-16-20-9-10-21(31-20)23(30)26-15-18-8-6-11-25-14-18/h6,8-11,13-14,17H,3-5,7,12,15-16H2,1-2H3,(H,26,30). The Morgan fingerprint density at radius 3 is 2.97 bits per heavy atom. The number of aromatic nitrogens is 3. The zero-order valence-corrected chi connectivity index (χ0v) is 19.4.